The molecule has 1 aromatic carbocycles. The lowest BCUT2D eigenvalue weighted by Gasteiger charge is -2.20. The monoisotopic (exact) mass is 338 g/mol. The van der Waals surface area contributed by atoms with Gasteiger partial charge in [0.1, 0.15) is 12.3 Å². The Hall–Kier alpha value is -2.89. The van der Waals surface area contributed by atoms with E-state index in [0.29, 0.717) is 12.2 Å². The van der Waals surface area contributed by atoms with E-state index in [1.807, 2.05) is 12.1 Å². The topological polar surface area (TPSA) is 79.7 Å². The summed E-state index contributed by atoms with van der Waals surface area (Å²) in [4.78, 5) is 29.4. The van der Waals surface area contributed by atoms with E-state index in [-0.39, 0.29) is 18.5 Å². The van der Waals surface area contributed by atoms with Crippen LogP contribution in [0.4, 0.5) is 0 Å². The number of aliphatic carboxylic acids is 1. The summed E-state index contributed by atoms with van der Waals surface area (Å²) in [7, 11) is 0. The number of fused-ring (bicyclic) bond motifs is 1. The van der Waals surface area contributed by atoms with Crippen molar-refractivity contribution in [2.24, 2.45) is 0 Å². The first-order valence-electron chi connectivity index (χ1n) is 8.36. The van der Waals surface area contributed by atoms with Gasteiger partial charge in [-0.3, -0.25) is 14.6 Å². The molecular weight excluding hydrogens is 320 g/mol. The summed E-state index contributed by atoms with van der Waals surface area (Å²) < 4.78 is 5.52. The molecule has 0 saturated heterocycles. The van der Waals surface area contributed by atoms with Crippen LogP contribution in [0.3, 0.4) is 0 Å². The van der Waals surface area contributed by atoms with Crippen molar-refractivity contribution in [1.82, 2.24) is 9.88 Å². The van der Waals surface area contributed by atoms with Crippen LogP contribution < -0.4 is 4.74 Å². The molecule has 4 rings (SSSR count). The first-order valence-corrected chi connectivity index (χ1v) is 8.36. The summed E-state index contributed by atoms with van der Waals surface area (Å²) in [5, 5.41) is 9.06. The molecule has 1 aliphatic carbocycles. The maximum absolute atomic E-state index is 12.7. The molecule has 1 saturated carbocycles. The molecular formula is C19H18N2O4. The van der Waals surface area contributed by atoms with Crippen molar-refractivity contribution in [3.05, 3.63) is 47.8 Å². The van der Waals surface area contributed by atoms with E-state index in [2.05, 4.69) is 11.1 Å². The highest BCUT2D eigenvalue weighted by Gasteiger charge is 2.34. The lowest BCUT2D eigenvalue weighted by Crippen LogP contribution is -2.37. The molecule has 1 aromatic heterocycles. The number of amides is 1. The van der Waals surface area contributed by atoms with E-state index in [1.54, 1.807) is 12.3 Å². The maximum Gasteiger partial charge on any atom is 0.323 e. The Balaban J connectivity index is 1.62. The molecule has 25 heavy (non-hydrogen) atoms. The fourth-order valence-electron chi connectivity index (χ4n) is 3.15. The average Bonchev–Trinajstić information content (AvgIpc) is 3.35. The summed E-state index contributed by atoms with van der Waals surface area (Å²) >= 11 is 0. The highest BCUT2D eigenvalue weighted by Crippen LogP contribution is 2.31. The molecule has 0 radical (unpaired) electrons. The van der Waals surface area contributed by atoms with Crippen LogP contribution in [0.1, 0.15) is 28.8 Å². The fraction of sp³-hybridized carbons (Fsp3) is 0.316. The smallest absolute Gasteiger partial charge is 0.323 e. The summed E-state index contributed by atoms with van der Waals surface area (Å²) in [6.45, 7) is 0.422. The summed E-state index contributed by atoms with van der Waals surface area (Å²) in [5.41, 5.74) is 3.39. The van der Waals surface area contributed by atoms with Crippen LogP contribution in [0.15, 0.2) is 36.7 Å². The van der Waals surface area contributed by atoms with E-state index < -0.39 is 5.97 Å². The predicted octanol–water partition coefficient (Wildman–Crippen LogP) is 2.37. The number of hydrogen-bond acceptors (Lipinski definition) is 4. The Morgan fingerprint density at radius 3 is 2.80 bits per heavy atom. The molecule has 2 aromatic rings. The number of carbonyl (C=O) groups excluding carboxylic acids is 1. The third kappa shape index (κ3) is 3.20. The second kappa shape index (κ2) is 6.20. The van der Waals surface area contributed by atoms with Crippen LogP contribution >= 0.6 is 0 Å². The molecule has 6 heteroatoms. The summed E-state index contributed by atoms with van der Waals surface area (Å²) in [6, 6.07) is 7.76. The molecule has 128 valence electrons. The minimum Gasteiger partial charge on any atom is -0.493 e. The molecule has 1 N–H and O–H groups in total. The molecule has 0 spiro atoms. The van der Waals surface area contributed by atoms with Crippen LogP contribution in [0.5, 0.6) is 5.75 Å². The Morgan fingerprint density at radius 1 is 1.20 bits per heavy atom. The Bertz CT molecular complexity index is 845. The quantitative estimate of drug-likeness (QED) is 0.905. The van der Waals surface area contributed by atoms with Crippen molar-refractivity contribution < 1.29 is 19.4 Å². The Morgan fingerprint density at radius 2 is 2.04 bits per heavy atom. The van der Waals surface area contributed by atoms with E-state index in [0.717, 1.165) is 41.7 Å². The third-order valence-electron chi connectivity index (χ3n) is 4.56. The molecule has 2 aliphatic rings. The van der Waals surface area contributed by atoms with Crippen LogP contribution in [0.25, 0.3) is 11.1 Å². The van der Waals surface area contributed by atoms with Gasteiger partial charge in [-0.15, -0.1) is 0 Å². The molecule has 0 atom stereocenters. The fourth-order valence-corrected chi connectivity index (χ4v) is 3.15. The number of nitrogens with zero attached hydrogens (tertiary/aromatic N) is 2. The van der Waals surface area contributed by atoms with E-state index in [4.69, 9.17) is 9.84 Å². The molecule has 6 nitrogen and oxygen atoms in total. The number of carbonyl (C=O) groups is 2. The van der Waals surface area contributed by atoms with Gasteiger partial charge < -0.3 is 14.7 Å². The highest BCUT2D eigenvalue weighted by molar-refractivity contribution is 5.97. The summed E-state index contributed by atoms with van der Waals surface area (Å²) in [5.74, 6) is -0.364. The van der Waals surface area contributed by atoms with E-state index in [9.17, 15) is 9.59 Å². The first kappa shape index (κ1) is 15.6. The molecule has 1 aliphatic heterocycles. The van der Waals surface area contributed by atoms with Gasteiger partial charge in [0, 0.05) is 30.4 Å². The van der Waals surface area contributed by atoms with Crippen molar-refractivity contribution in [1.29, 1.82) is 0 Å². The number of carboxylic acid groups (broad SMARTS) is 1. The van der Waals surface area contributed by atoms with Crippen molar-refractivity contribution in [2.45, 2.75) is 25.3 Å². The van der Waals surface area contributed by atoms with Gasteiger partial charge in [-0.2, -0.15) is 0 Å². The zero-order valence-corrected chi connectivity index (χ0v) is 13.6. The summed E-state index contributed by atoms with van der Waals surface area (Å²) in [6.07, 6.45) is 5.81. The van der Waals surface area contributed by atoms with Gasteiger partial charge in [0.05, 0.1) is 12.2 Å². The number of hydrogen-bond donors (Lipinski definition) is 1. The number of ether oxygens (including phenoxy) is 1. The van der Waals surface area contributed by atoms with Crippen molar-refractivity contribution in [3.8, 4) is 16.9 Å². The number of carboxylic acids is 1. The van der Waals surface area contributed by atoms with Gasteiger partial charge in [-0.1, -0.05) is 6.07 Å². The molecule has 2 heterocycles. The predicted molar refractivity (Wildman–Crippen MR) is 90.6 cm³/mol. The Kier molecular flexibility index (Phi) is 3.87. The third-order valence-corrected chi connectivity index (χ3v) is 4.56. The minimum absolute atomic E-state index is 0.0319. The molecule has 0 bridgehead atoms. The molecule has 0 unspecified atom stereocenters. The standard InChI is InChI=1S/C19H18N2O4/c22-18(23)11-21(16-2-3-16)19(24)15-8-14(9-20-10-15)12-1-4-17-13(7-12)5-6-25-17/h1,4,7-10,16H,2-3,5-6,11H2,(H,22,23). The van der Waals surface area contributed by atoms with Crippen LogP contribution in [-0.2, 0) is 11.2 Å². The van der Waals surface area contributed by atoms with Crippen LogP contribution in [0, 0.1) is 0 Å². The average molecular weight is 338 g/mol. The first-order chi connectivity index (χ1) is 12.1. The molecule has 1 amide bonds. The normalized spacial score (nSPS) is 15.4. The number of aromatic nitrogens is 1. The largest absolute Gasteiger partial charge is 0.493 e. The minimum atomic E-state index is -0.997. The number of pyridine rings is 1. The van der Waals surface area contributed by atoms with E-state index >= 15 is 0 Å². The molecule has 1 fully saturated rings. The van der Waals surface area contributed by atoms with Gasteiger partial charge in [-0.05, 0) is 42.2 Å². The number of rotatable bonds is 5. The van der Waals surface area contributed by atoms with Gasteiger partial charge in [0.2, 0.25) is 0 Å². The van der Waals surface area contributed by atoms with Crippen LogP contribution in [0.2, 0.25) is 0 Å². The Labute approximate surface area is 145 Å². The van der Waals surface area contributed by atoms with Gasteiger partial charge in [-0.25, -0.2) is 0 Å². The van der Waals surface area contributed by atoms with Crippen LogP contribution in [-0.4, -0.2) is 46.1 Å². The van der Waals surface area contributed by atoms with Gasteiger partial charge >= 0.3 is 5.97 Å². The van der Waals surface area contributed by atoms with Gasteiger partial charge in [0.15, 0.2) is 0 Å². The second-order valence-corrected chi connectivity index (χ2v) is 6.44. The van der Waals surface area contributed by atoms with E-state index in [1.165, 1.54) is 11.1 Å². The SMILES string of the molecule is O=C(O)CN(C(=O)c1cncc(-c2ccc3c(c2)CCO3)c1)C1CC1. The zero-order chi connectivity index (χ0) is 17.4. The zero-order valence-electron chi connectivity index (χ0n) is 13.6. The second-order valence-electron chi connectivity index (χ2n) is 6.44. The van der Waals surface area contributed by atoms with Crippen molar-refractivity contribution >= 4 is 11.9 Å². The van der Waals surface area contributed by atoms with Gasteiger partial charge in [0.25, 0.3) is 5.91 Å². The van der Waals surface area contributed by atoms with Crippen molar-refractivity contribution in [3.63, 3.8) is 0 Å². The number of benzene rings is 1. The maximum atomic E-state index is 12.7. The van der Waals surface area contributed by atoms with Crippen molar-refractivity contribution in [2.75, 3.05) is 13.2 Å². The lowest BCUT2D eigenvalue weighted by molar-refractivity contribution is -0.137. The lowest BCUT2D eigenvalue weighted by atomic mass is 10.0. The highest BCUT2D eigenvalue weighted by atomic mass is 16.5.